The van der Waals surface area contributed by atoms with Gasteiger partial charge in [-0.1, -0.05) is 52.5 Å². The summed E-state index contributed by atoms with van der Waals surface area (Å²) in [4.78, 5) is 0. The lowest BCUT2D eigenvalue weighted by molar-refractivity contribution is 0.0104. The number of hydrogen-bond acceptors (Lipinski definition) is 3. The van der Waals surface area contributed by atoms with Crippen LogP contribution in [-0.4, -0.2) is 28.8 Å². The minimum Gasteiger partial charge on any atom is -0.544 e. The summed E-state index contributed by atoms with van der Waals surface area (Å²) in [5.74, 6) is 2.96. The zero-order chi connectivity index (χ0) is 26.6. The van der Waals surface area contributed by atoms with Gasteiger partial charge in [-0.3, -0.25) is 0 Å². The van der Waals surface area contributed by atoms with E-state index in [2.05, 4.69) is 79.0 Å². The monoisotopic (exact) mass is 530 g/mol. The van der Waals surface area contributed by atoms with Gasteiger partial charge in [0, 0.05) is 17.4 Å². The van der Waals surface area contributed by atoms with E-state index in [4.69, 9.17) is 13.6 Å². The number of ether oxygens (including phenoxy) is 1. The Kier molecular flexibility index (Phi) is 10.0. The molecule has 0 saturated carbocycles. The van der Waals surface area contributed by atoms with Crippen LogP contribution in [0.2, 0.25) is 38.3 Å². The van der Waals surface area contributed by atoms with E-state index in [0.29, 0.717) is 11.8 Å². The fourth-order valence-electron chi connectivity index (χ4n) is 6.31. The van der Waals surface area contributed by atoms with Gasteiger partial charge in [0.05, 0.1) is 6.61 Å². The largest absolute Gasteiger partial charge is 0.544 e. The van der Waals surface area contributed by atoms with Gasteiger partial charge < -0.3 is 13.6 Å². The van der Waals surface area contributed by atoms with Gasteiger partial charge in [0.25, 0.3) is 0 Å². The molecule has 36 heavy (non-hydrogen) atoms. The van der Waals surface area contributed by atoms with E-state index >= 15 is 0 Å². The van der Waals surface area contributed by atoms with Crippen molar-refractivity contribution in [3.05, 3.63) is 34.9 Å². The average molecular weight is 531 g/mol. The summed E-state index contributed by atoms with van der Waals surface area (Å²) in [6.45, 7) is 21.7. The van der Waals surface area contributed by atoms with Gasteiger partial charge in [0.2, 0.25) is 8.32 Å². The molecular formula is C31H54O3Si2. The molecule has 2 aliphatic rings. The van der Waals surface area contributed by atoms with E-state index in [9.17, 15) is 0 Å². The SMILES string of the molecule is CCCCCc1cc2c(c(O[Si](C)(C)CCC)c1)[C@@H]1C=C(CO[Si](C)(C)CCC)CC[C@H]1C(C)(C)O2. The lowest BCUT2D eigenvalue weighted by Crippen LogP contribution is -2.46. The normalized spacial score (nSPS) is 21.3. The lowest BCUT2D eigenvalue weighted by atomic mass is 9.68. The molecule has 0 N–H and O–H groups in total. The minimum absolute atomic E-state index is 0.188. The Bertz CT molecular complexity index is 903. The maximum Gasteiger partial charge on any atom is 0.245 e. The first-order chi connectivity index (χ1) is 16.9. The van der Waals surface area contributed by atoms with E-state index in [1.807, 2.05) is 0 Å². The van der Waals surface area contributed by atoms with E-state index in [1.165, 1.54) is 60.9 Å². The number of benzene rings is 1. The van der Waals surface area contributed by atoms with Crippen molar-refractivity contribution < 1.29 is 13.6 Å². The molecular weight excluding hydrogens is 477 g/mol. The summed E-state index contributed by atoms with van der Waals surface area (Å²) < 4.78 is 20.4. The Morgan fingerprint density at radius 3 is 2.31 bits per heavy atom. The van der Waals surface area contributed by atoms with Crippen LogP contribution in [0.5, 0.6) is 11.5 Å². The zero-order valence-corrected chi connectivity index (χ0v) is 26.9. The molecule has 0 radical (unpaired) electrons. The number of rotatable bonds is 13. The predicted molar refractivity (Wildman–Crippen MR) is 160 cm³/mol. The summed E-state index contributed by atoms with van der Waals surface area (Å²) in [5, 5.41) is 0. The van der Waals surface area contributed by atoms with Gasteiger partial charge in [0.15, 0.2) is 8.32 Å². The maximum atomic E-state index is 6.99. The molecule has 0 unspecified atom stereocenters. The highest BCUT2D eigenvalue weighted by atomic mass is 28.4. The Morgan fingerprint density at radius 2 is 1.64 bits per heavy atom. The first kappa shape index (κ1) is 29.5. The van der Waals surface area contributed by atoms with Crippen molar-refractivity contribution in [3.63, 3.8) is 0 Å². The summed E-state index contributed by atoms with van der Waals surface area (Å²) in [7, 11) is -3.41. The standard InChI is InChI=1S/C31H54O3Si2/c1-10-13-14-15-24-21-28-30(29(22-24)34-36(8,9)19-12-3)26-20-25(23-32-35(6,7)18-11-2)16-17-27(26)31(4,5)33-28/h20-22,26-27H,10-19,23H2,1-9H3/t26-,27-/m1/s1. The van der Waals surface area contributed by atoms with Crippen molar-refractivity contribution in [1.29, 1.82) is 0 Å². The Hall–Kier alpha value is -1.05. The number of aryl methyl sites for hydroxylation is 1. The van der Waals surface area contributed by atoms with Crippen molar-refractivity contribution in [2.24, 2.45) is 5.92 Å². The topological polar surface area (TPSA) is 27.7 Å². The van der Waals surface area contributed by atoms with Gasteiger partial charge >= 0.3 is 0 Å². The molecule has 1 aromatic carbocycles. The van der Waals surface area contributed by atoms with Crippen LogP contribution >= 0.6 is 0 Å². The van der Waals surface area contributed by atoms with Gasteiger partial charge in [0.1, 0.15) is 17.1 Å². The molecule has 1 aliphatic carbocycles. The van der Waals surface area contributed by atoms with Gasteiger partial charge in [-0.25, -0.2) is 0 Å². The van der Waals surface area contributed by atoms with Crippen LogP contribution in [0.4, 0.5) is 0 Å². The number of fused-ring (bicyclic) bond motifs is 3. The predicted octanol–water partition coefficient (Wildman–Crippen LogP) is 9.64. The molecule has 1 heterocycles. The second-order valence-corrected chi connectivity index (χ2v) is 21.6. The highest BCUT2D eigenvalue weighted by Crippen LogP contribution is 2.54. The third kappa shape index (κ3) is 7.51. The first-order valence-corrected chi connectivity index (χ1v) is 21.0. The number of unbranched alkanes of at least 4 members (excludes halogenated alkanes) is 2. The fourth-order valence-corrected chi connectivity index (χ4v) is 10.3. The molecule has 0 fully saturated rings. The number of allylic oxidation sites excluding steroid dienone is 1. The molecule has 1 aromatic rings. The second kappa shape index (κ2) is 12.2. The van der Waals surface area contributed by atoms with Crippen LogP contribution in [0.25, 0.3) is 0 Å². The van der Waals surface area contributed by atoms with Crippen molar-refractivity contribution in [2.75, 3.05) is 6.61 Å². The summed E-state index contributed by atoms with van der Waals surface area (Å²) >= 11 is 0. The molecule has 204 valence electrons. The summed E-state index contributed by atoms with van der Waals surface area (Å²) in [6, 6.07) is 7.11. The van der Waals surface area contributed by atoms with Crippen LogP contribution in [0, 0.1) is 5.92 Å². The average Bonchev–Trinajstić information content (AvgIpc) is 2.77. The van der Waals surface area contributed by atoms with Gasteiger partial charge in [-0.15, -0.1) is 0 Å². The molecule has 3 nitrogen and oxygen atoms in total. The minimum atomic E-state index is -1.82. The lowest BCUT2D eigenvalue weighted by Gasteiger charge is -2.47. The molecule has 0 aromatic heterocycles. The van der Waals surface area contributed by atoms with Crippen LogP contribution < -0.4 is 9.16 Å². The third-order valence-electron chi connectivity index (χ3n) is 8.20. The quantitative estimate of drug-likeness (QED) is 0.144. The van der Waals surface area contributed by atoms with Crippen LogP contribution in [-0.2, 0) is 10.8 Å². The summed E-state index contributed by atoms with van der Waals surface area (Å²) in [5.41, 5.74) is 3.95. The molecule has 0 bridgehead atoms. The highest BCUT2D eigenvalue weighted by Gasteiger charge is 2.46. The van der Waals surface area contributed by atoms with Crippen molar-refractivity contribution in [2.45, 2.75) is 136 Å². The van der Waals surface area contributed by atoms with Crippen molar-refractivity contribution in [3.8, 4) is 11.5 Å². The van der Waals surface area contributed by atoms with Gasteiger partial charge in [-0.2, -0.15) is 0 Å². The van der Waals surface area contributed by atoms with E-state index < -0.39 is 16.6 Å². The number of hydrogen-bond donors (Lipinski definition) is 0. The van der Waals surface area contributed by atoms with E-state index in [0.717, 1.165) is 37.4 Å². The molecule has 1 aliphatic heterocycles. The maximum absolute atomic E-state index is 6.99. The molecule has 5 heteroatoms. The smallest absolute Gasteiger partial charge is 0.245 e. The Morgan fingerprint density at radius 1 is 0.944 bits per heavy atom. The van der Waals surface area contributed by atoms with Crippen molar-refractivity contribution >= 4 is 16.6 Å². The van der Waals surface area contributed by atoms with Crippen LogP contribution in [0.1, 0.15) is 96.6 Å². The van der Waals surface area contributed by atoms with E-state index in [1.54, 1.807) is 0 Å². The molecule has 2 atom stereocenters. The highest BCUT2D eigenvalue weighted by molar-refractivity contribution is 6.72. The van der Waals surface area contributed by atoms with Crippen molar-refractivity contribution in [1.82, 2.24) is 0 Å². The molecule has 0 saturated heterocycles. The van der Waals surface area contributed by atoms with E-state index in [-0.39, 0.29) is 5.60 Å². The van der Waals surface area contributed by atoms with Gasteiger partial charge in [-0.05, 0) is 101 Å². The molecule has 3 rings (SSSR count). The van der Waals surface area contributed by atoms with Crippen LogP contribution in [0.15, 0.2) is 23.8 Å². The van der Waals surface area contributed by atoms with Crippen LogP contribution in [0.3, 0.4) is 0 Å². The zero-order valence-electron chi connectivity index (χ0n) is 24.9. The fraction of sp³-hybridized carbons (Fsp3) is 0.742. The first-order valence-electron chi connectivity index (χ1n) is 14.8. The third-order valence-corrected chi connectivity index (χ3v) is 13.3. The molecule has 0 spiro atoms. The Balaban J connectivity index is 2.02. The Labute approximate surface area is 224 Å². The summed E-state index contributed by atoms with van der Waals surface area (Å²) in [6.07, 6.45) is 12.0. The molecule has 0 amide bonds. The second-order valence-electron chi connectivity index (χ2n) is 13.1.